The normalized spacial score (nSPS) is 11.1. The molecule has 0 amide bonds. The molecule has 0 N–H and O–H groups in total. The molecule has 5 nitrogen and oxygen atoms in total. The highest BCUT2D eigenvalue weighted by Gasteiger charge is 2.27. The lowest BCUT2D eigenvalue weighted by atomic mass is 10.2. The minimum atomic E-state index is -3.93. The van der Waals surface area contributed by atoms with Gasteiger partial charge in [0, 0.05) is 5.02 Å². The summed E-state index contributed by atoms with van der Waals surface area (Å²) in [5, 5.41) is 0.375. The summed E-state index contributed by atoms with van der Waals surface area (Å²) in [4.78, 5) is 12.0. The molecule has 0 unspecified atom stereocenters. The maximum atomic E-state index is 13.0. The zero-order valence-corrected chi connectivity index (χ0v) is 15.0. The van der Waals surface area contributed by atoms with Crippen molar-refractivity contribution in [2.45, 2.75) is 18.7 Å². The van der Waals surface area contributed by atoms with Crippen molar-refractivity contribution in [1.29, 1.82) is 0 Å². The first-order chi connectivity index (χ1) is 11.3. The van der Waals surface area contributed by atoms with Crippen molar-refractivity contribution >= 4 is 33.3 Å². The number of rotatable bonds is 6. The highest BCUT2D eigenvalue weighted by atomic mass is 35.5. The Bertz CT molecular complexity index is 819. The maximum Gasteiger partial charge on any atom is 0.326 e. The van der Waals surface area contributed by atoms with Crippen LogP contribution in [-0.4, -0.2) is 27.5 Å². The van der Waals surface area contributed by atoms with E-state index < -0.39 is 22.5 Å². The fourth-order valence-electron chi connectivity index (χ4n) is 2.11. The number of nitrogens with zero attached hydrogens (tertiary/aromatic N) is 1. The Morgan fingerprint density at radius 3 is 2.42 bits per heavy atom. The smallest absolute Gasteiger partial charge is 0.326 e. The van der Waals surface area contributed by atoms with Crippen molar-refractivity contribution in [3.63, 3.8) is 0 Å². The number of carbonyl (C=O) groups excluding carboxylic acids is 1. The molecule has 0 aliphatic carbocycles. The summed E-state index contributed by atoms with van der Waals surface area (Å²) < 4.78 is 31.8. The van der Waals surface area contributed by atoms with E-state index in [9.17, 15) is 13.2 Å². The number of anilines is 1. The van der Waals surface area contributed by atoms with E-state index in [1.165, 1.54) is 18.2 Å². The van der Waals surface area contributed by atoms with Gasteiger partial charge in [0.1, 0.15) is 6.54 Å². The molecular formula is C17H18ClNO4S. The molecule has 2 rings (SSSR count). The van der Waals surface area contributed by atoms with Gasteiger partial charge in [-0.05, 0) is 44.2 Å². The summed E-state index contributed by atoms with van der Waals surface area (Å²) in [5.74, 6) is -0.631. The lowest BCUT2D eigenvalue weighted by molar-refractivity contribution is -0.141. The van der Waals surface area contributed by atoms with Gasteiger partial charge in [-0.25, -0.2) is 8.42 Å². The number of benzene rings is 2. The monoisotopic (exact) mass is 367 g/mol. The van der Waals surface area contributed by atoms with Crippen LogP contribution in [-0.2, 0) is 19.6 Å². The first-order valence-corrected chi connectivity index (χ1v) is 9.17. The average Bonchev–Trinajstić information content (AvgIpc) is 2.53. The minimum Gasteiger partial charge on any atom is -0.465 e. The van der Waals surface area contributed by atoms with Gasteiger partial charge in [0.2, 0.25) is 0 Å². The SMILES string of the molecule is CCOC(=O)CN(c1cccc(Cl)c1)S(=O)(=O)c1ccc(C)cc1. The number of hydrogen-bond donors (Lipinski definition) is 0. The van der Waals surface area contributed by atoms with Gasteiger partial charge in [0.05, 0.1) is 17.2 Å². The van der Waals surface area contributed by atoms with Crippen molar-refractivity contribution in [1.82, 2.24) is 0 Å². The molecule has 24 heavy (non-hydrogen) atoms. The van der Waals surface area contributed by atoms with Crippen LogP contribution in [0.5, 0.6) is 0 Å². The molecule has 2 aromatic carbocycles. The Morgan fingerprint density at radius 1 is 1.17 bits per heavy atom. The van der Waals surface area contributed by atoms with E-state index in [0.29, 0.717) is 10.7 Å². The molecule has 0 radical (unpaired) electrons. The molecular weight excluding hydrogens is 350 g/mol. The molecule has 0 saturated carbocycles. The van der Waals surface area contributed by atoms with E-state index in [-0.39, 0.29) is 11.5 Å². The number of sulfonamides is 1. The topological polar surface area (TPSA) is 63.7 Å². The maximum absolute atomic E-state index is 13.0. The summed E-state index contributed by atoms with van der Waals surface area (Å²) in [6.45, 7) is 3.27. The predicted molar refractivity (Wildman–Crippen MR) is 93.8 cm³/mol. The lowest BCUT2D eigenvalue weighted by Gasteiger charge is -2.23. The molecule has 0 atom stereocenters. The number of esters is 1. The molecule has 0 aliphatic rings. The van der Waals surface area contributed by atoms with E-state index in [4.69, 9.17) is 16.3 Å². The summed E-state index contributed by atoms with van der Waals surface area (Å²) in [6.07, 6.45) is 0. The molecule has 0 fully saturated rings. The van der Waals surface area contributed by atoms with Gasteiger partial charge in [0.25, 0.3) is 10.0 Å². The van der Waals surface area contributed by atoms with Crippen molar-refractivity contribution < 1.29 is 17.9 Å². The van der Waals surface area contributed by atoms with Crippen LogP contribution in [0.15, 0.2) is 53.4 Å². The Balaban J connectivity index is 2.48. The van der Waals surface area contributed by atoms with Gasteiger partial charge >= 0.3 is 5.97 Å². The van der Waals surface area contributed by atoms with Crippen LogP contribution < -0.4 is 4.31 Å². The first kappa shape index (κ1) is 18.3. The molecule has 2 aromatic rings. The Kier molecular flexibility index (Phi) is 5.85. The van der Waals surface area contributed by atoms with Gasteiger partial charge in [-0.1, -0.05) is 35.4 Å². The van der Waals surface area contributed by atoms with Crippen molar-refractivity contribution in [3.05, 3.63) is 59.1 Å². The molecule has 0 bridgehead atoms. The van der Waals surface area contributed by atoms with Crippen molar-refractivity contribution in [2.24, 2.45) is 0 Å². The highest BCUT2D eigenvalue weighted by Crippen LogP contribution is 2.26. The lowest BCUT2D eigenvalue weighted by Crippen LogP contribution is -2.36. The number of halogens is 1. The van der Waals surface area contributed by atoms with E-state index in [1.54, 1.807) is 37.3 Å². The summed E-state index contributed by atoms with van der Waals surface area (Å²) in [5.41, 5.74) is 1.24. The van der Waals surface area contributed by atoms with Crippen LogP contribution in [0.4, 0.5) is 5.69 Å². The number of hydrogen-bond acceptors (Lipinski definition) is 4. The van der Waals surface area contributed by atoms with Gasteiger partial charge < -0.3 is 4.74 Å². The van der Waals surface area contributed by atoms with Crippen molar-refractivity contribution in [2.75, 3.05) is 17.5 Å². The van der Waals surface area contributed by atoms with Crippen LogP contribution in [0.2, 0.25) is 5.02 Å². The molecule has 0 spiro atoms. The van der Waals surface area contributed by atoms with Gasteiger partial charge in [0.15, 0.2) is 0 Å². The summed E-state index contributed by atoms with van der Waals surface area (Å²) >= 11 is 5.97. The third-order valence-corrected chi connectivity index (χ3v) is 5.31. The Morgan fingerprint density at radius 2 is 1.83 bits per heavy atom. The molecule has 0 saturated heterocycles. The number of aryl methyl sites for hydroxylation is 1. The second-order valence-corrected chi connectivity index (χ2v) is 7.41. The van der Waals surface area contributed by atoms with Crippen LogP contribution in [0.1, 0.15) is 12.5 Å². The fourth-order valence-corrected chi connectivity index (χ4v) is 3.69. The average molecular weight is 368 g/mol. The third-order valence-electron chi connectivity index (χ3n) is 3.28. The van der Waals surface area contributed by atoms with Crippen LogP contribution in [0.25, 0.3) is 0 Å². The third kappa shape index (κ3) is 4.27. The summed E-state index contributed by atoms with van der Waals surface area (Å²) in [6, 6.07) is 12.7. The first-order valence-electron chi connectivity index (χ1n) is 7.35. The Hall–Kier alpha value is -2.05. The highest BCUT2D eigenvalue weighted by molar-refractivity contribution is 7.92. The standard InChI is InChI=1S/C17H18ClNO4S/c1-3-23-17(20)12-19(15-6-4-5-14(18)11-15)24(21,22)16-9-7-13(2)8-10-16/h4-11H,3,12H2,1-2H3. The fraction of sp³-hybridized carbons (Fsp3) is 0.235. The number of carbonyl (C=O) groups is 1. The van der Waals surface area contributed by atoms with E-state index >= 15 is 0 Å². The van der Waals surface area contributed by atoms with E-state index in [1.807, 2.05) is 6.92 Å². The van der Waals surface area contributed by atoms with Crippen molar-refractivity contribution in [3.8, 4) is 0 Å². The van der Waals surface area contributed by atoms with Gasteiger partial charge in [-0.2, -0.15) is 0 Å². The van der Waals surface area contributed by atoms with Crippen LogP contribution in [0.3, 0.4) is 0 Å². The van der Waals surface area contributed by atoms with Gasteiger partial charge in [-0.3, -0.25) is 9.10 Å². The predicted octanol–water partition coefficient (Wildman–Crippen LogP) is 3.41. The Labute approximate surface area is 146 Å². The summed E-state index contributed by atoms with van der Waals surface area (Å²) in [7, 11) is -3.93. The van der Waals surface area contributed by atoms with Crippen LogP contribution >= 0.6 is 11.6 Å². The van der Waals surface area contributed by atoms with Gasteiger partial charge in [-0.15, -0.1) is 0 Å². The van der Waals surface area contributed by atoms with E-state index in [0.717, 1.165) is 9.87 Å². The molecule has 0 heterocycles. The molecule has 0 aromatic heterocycles. The zero-order chi connectivity index (χ0) is 17.7. The minimum absolute atomic E-state index is 0.0948. The molecule has 7 heteroatoms. The second kappa shape index (κ2) is 7.68. The largest absolute Gasteiger partial charge is 0.465 e. The molecule has 0 aliphatic heterocycles. The quantitative estimate of drug-likeness (QED) is 0.734. The number of ether oxygens (including phenoxy) is 1. The van der Waals surface area contributed by atoms with E-state index in [2.05, 4.69) is 0 Å². The molecule has 128 valence electrons. The van der Waals surface area contributed by atoms with Crippen LogP contribution in [0, 0.1) is 6.92 Å². The second-order valence-electron chi connectivity index (χ2n) is 5.11. The zero-order valence-electron chi connectivity index (χ0n) is 13.4.